The Balaban J connectivity index is 1.86. The zero-order valence-corrected chi connectivity index (χ0v) is 11.6. The zero-order chi connectivity index (χ0) is 14.1. The molecule has 1 fully saturated rings. The lowest BCUT2D eigenvalue weighted by Gasteiger charge is -2.29. The number of nitrogens with two attached hydrogens (primary N) is 1. The second kappa shape index (κ2) is 5.38. The van der Waals surface area contributed by atoms with Crippen molar-refractivity contribution in [2.24, 2.45) is 5.73 Å². The van der Waals surface area contributed by atoms with Gasteiger partial charge in [-0.25, -0.2) is 4.39 Å². The van der Waals surface area contributed by atoms with Gasteiger partial charge in [0, 0.05) is 24.7 Å². The average Bonchev–Trinajstić information content (AvgIpc) is 2.88. The molecule has 1 aliphatic rings. The molecule has 20 heavy (non-hydrogen) atoms. The number of piperidine rings is 1. The molecule has 7 heteroatoms. The first-order chi connectivity index (χ1) is 9.63. The van der Waals surface area contributed by atoms with Crippen molar-refractivity contribution in [1.82, 2.24) is 15.2 Å². The minimum atomic E-state index is -0.375. The summed E-state index contributed by atoms with van der Waals surface area (Å²) >= 11 is 6.02. The number of halogens is 2. The van der Waals surface area contributed by atoms with Crippen molar-refractivity contribution in [2.45, 2.75) is 18.9 Å². The van der Waals surface area contributed by atoms with E-state index in [-0.39, 0.29) is 11.9 Å². The van der Waals surface area contributed by atoms with Crippen molar-refractivity contribution in [1.29, 1.82) is 0 Å². The molecule has 5 nitrogen and oxygen atoms in total. The molecule has 106 valence electrons. The van der Waals surface area contributed by atoms with E-state index in [1.807, 2.05) is 4.90 Å². The van der Waals surface area contributed by atoms with Gasteiger partial charge in [-0.15, -0.1) is 5.10 Å². The molecule has 1 atom stereocenters. The minimum absolute atomic E-state index is 0.153. The quantitative estimate of drug-likeness (QED) is 0.891. The fourth-order valence-electron chi connectivity index (χ4n) is 2.39. The first kappa shape index (κ1) is 13.3. The Bertz CT molecular complexity index is 615. The van der Waals surface area contributed by atoms with Gasteiger partial charge in [0.1, 0.15) is 5.82 Å². The molecule has 1 aromatic carbocycles. The molecular formula is C13H15ClFN5. The van der Waals surface area contributed by atoms with Crippen LogP contribution in [0.1, 0.15) is 12.8 Å². The van der Waals surface area contributed by atoms with Crippen molar-refractivity contribution < 1.29 is 4.39 Å². The summed E-state index contributed by atoms with van der Waals surface area (Å²) in [6.07, 6.45) is 2.06. The average molecular weight is 296 g/mol. The van der Waals surface area contributed by atoms with E-state index in [4.69, 9.17) is 17.3 Å². The molecule has 0 aliphatic carbocycles. The number of anilines is 1. The summed E-state index contributed by atoms with van der Waals surface area (Å²) in [5, 5.41) is 7.35. The number of hydrogen-bond donors (Lipinski definition) is 2. The third kappa shape index (κ3) is 2.62. The van der Waals surface area contributed by atoms with Crippen LogP contribution in [0.3, 0.4) is 0 Å². The molecule has 2 heterocycles. The second-order valence-corrected chi connectivity index (χ2v) is 5.36. The van der Waals surface area contributed by atoms with E-state index in [1.54, 1.807) is 6.07 Å². The lowest BCUT2D eigenvalue weighted by molar-refractivity contribution is 0.500. The van der Waals surface area contributed by atoms with Crippen molar-refractivity contribution in [3.8, 4) is 11.4 Å². The molecule has 2 aromatic rings. The number of nitrogens with zero attached hydrogens (tertiary/aromatic N) is 3. The fraction of sp³-hybridized carbons (Fsp3) is 0.385. The number of benzene rings is 1. The maximum absolute atomic E-state index is 13.0. The van der Waals surface area contributed by atoms with Crippen LogP contribution in [0, 0.1) is 5.82 Å². The molecule has 0 radical (unpaired) electrons. The SMILES string of the molecule is NC1CCCN(c2n[nH]c(-c3ccc(F)cc3Cl)n2)C1. The van der Waals surface area contributed by atoms with Gasteiger partial charge in [0.05, 0.1) is 5.02 Å². The monoisotopic (exact) mass is 295 g/mol. The molecule has 3 N–H and O–H groups in total. The van der Waals surface area contributed by atoms with E-state index < -0.39 is 0 Å². The van der Waals surface area contributed by atoms with Gasteiger partial charge in [-0.05, 0) is 31.0 Å². The lowest BCUT2D eigenvalue weighted by atomic mass is 10.1. The number of aromatic nitrogens is 3. The molecule has 1 saturated heterocycles. The second-order valence-electron chi connectivity index (χ2n) is 4.96. The van der Waals surface area contributed by atoms with E-state index in [2.05, 4.69) is 15.2 Å². The van der Waals surface area contributed by atoms with E-state index in [0.29, 0.717) is 22.4 Å². The Kier molecular flexibility index (Phi) is 3.58. The van der Waals surface area contributed by atoms with Crippen LogP contribution in [0.25, 0.3) is 11.4 Å². The summed E-state index contributed by atoms with van der Waals surface area (Å²) in [4.78, 5) is 6.47. The Hall–Kier alpha value is -1.66. The predicted molar refractivity (Wildman–Crippen MR) is 76.2 cm³/mol. The summed E-state index contributed by atoms with van der Waals surface area (Å²) < 4.78 is 13.0. The number of H-pyrrole nitrogens is 1. The Labute approximate surface area is 120 Å². The van der Waals surface area contributed by atoms with Crippen LogP contribution in [0.15, 0.2) is 18.2 Å². The van der Waals surface area contributed by atoms with Crippen LogP contribution in [0.2, 0.25) is 5.02 Å². The number of rotatable bonds is 2. The van der Waals surface area contributed by atoms with E-state index in [9.17, 15) is 4.39 Å². The highest BCUT2D eigenvalue weighted by molar-refractivity contribution is 6.33. The minimum Gasteiger partial charge on any atom is -0.338 e. The summed E-state index contributed by atoms with van der Waals surface area (Å²) in [6, 6.07) is 4.35. The Morgan fingerprint density at radius 1 is 1.45 bits per heavy atom. The fourth-order valence-corrected chi connectivity index (χ4v) is 2.64. The van der Waals surface area contributed by atoms with Gasteiger partial charge in [0.15, 0.2) is 5.82 Å². The van der Waals surface area contributed by atoms with Crippen molar-refractivity contribution in [2.75, 3.05) is 18.0 Å². The van der Waals surface area contributed by atoms with Crippen LogP contribution in [0.5, 0.6) is 0 Å². The van der Waals surface area contributed by atoms with Gasteiger partial charge >= 0.3 is 0 Å². The number of hydrogen-bond acceptors (Lipinski definition) is 4. The van der Waals surface area contributed by atoms with Crippen LogP contribution >= 0.6 is 11.6 Å². The highest BCUT2D eigenvalue weighted by atomic mass is 35.5. The van der Waals surface area contributed by atoms with Crippen LogP contribution in [0.4, 0.5) is 10.3 Å². The molecule has 1 unspecified atom stereocenters. The normalized spacial score (nSPS) is 19.4. The number of nitrogens with one attached hydrogen (secondary N) is 1. The first-order valence-corrected chi connectivity index (χ1v) is 6.89. The topological polar surface area (TPSA) is 70.8 Å². The molecule has 1 aliphatic heterocycles. The standard InChI is InChI=1S/C13H15ClFN5/c14-11-6-8(15)3-4-10(11)12-17-13(19-18-12)20-5-1-2-9(16)7-20/h3-4,6,9H,1-2,5,7,16H2,(H,17,18,19). The van der Waals surface area contributed by atoms with Crippen LogP contribution in [-0.2, 0) is 0 Å². The maximum atomic E-state index is 13.0. The molecule has 0 bridgehead atoms. The Morgan fingerprint density at radius 2 is 2.30 bits per heavy atom. The van der Waals surface area contributed by atoms with Crippen LogP contribution in [-0.4, -0.2) is 34.3 Å². The summed E-state index contributed by atoms with van der Waals surface area (Å²) in [5.41, 5.74) is 6.58. The van der Waals surface area contributed by atoms with Crippen molar-refractivity contribution in [3.63, 3.8) is 0 Å². The molecule has 0 spiro atoms. The molecule has 0 amide bonds. The highest BCUT2D eigenvalue weighted by Crippen LogP contribution is 2.27. The molecule has 0 saturated carbocycles. The predicted octanol–water partition coefficient (Wildman–Crippen LogP) is 2.19. The molecule has 3 rings (SSSR count). The third-order valence-corrected chi connectivity index (χ3v) is 3.71. The summed E-state index contributed by atoms with van der Waals surface area (Å²) in [7, 11) is 0. The summed E-state index contributed by atoms with van der Waals surface area (Å²) in [6.45, 7) is 1.64. The lowest BCUT2D eigenvalue weighted by Crippen LogP contribution is -2.43. The summed E-state index contributed by atoms with van der Waals surface area (Å²) in [5.74, 6) is 0.764. The highest BCUT2D eigenvalue weighted by Gasteiger charge is 2.20. The van der Waals surface area contributed by atoms with Crippen LogP contribution < -0.4 is 10.6 Å². The molecular weight excluding hydrogens is 281 g/mol. The van der Waals surface area contributed by atoms with Gasteiger partial charge in [-0.2, -0.15) is 4.98 Å². The van der Waals surface area contributed by atoms with Crippen molar-refractivity contribution in [3.05, 3.63) is 29.0 Å². The molecule has 1 aromatic heterocycles. The van der Waals surface area contributed by atoms with E-state index >= 15 is 0 Å². The maximum Gasteiger partial charge on any atom is 0.245 e. The van der Waals surface area contributed by atoms with E-state index in [1.165, 1.54) is 12.1 Å². The van der Waals surface area contributed by atoms with Gasteiger partial charge < -0.3 is 10.6 Å². The van der Waals surface area contributed by atoms with Crippen molar-refractivity contribution >= 4 is 17.5 Å². The van der Waals surface area contributed by atoms with E-state index in [0.717, 1.165) is 25.9 Å². The van der Waals surface area contributed by atoms with Gasteiger partial charge in [-0.1, -0.05) is 11.6 Å². The van der Waals surface area contributed by atoms with Gasteiger partial charge in [0.2, 0.25) is 5.95 Å². The van der Waals surface area contributed by atoms with Gasteiger partial charge in [-0.3, -0.25) is 5.10 Å². The largest absolute Gasteiger partial charge is 0.338 e. The zero-order valence-electron chi connectivity index (χ0n) is 10.8. The third-order valence-electron chi connectivity index (χ3n) is 3.40. The Morgan fingerprint density at radius 3 is 3.05 bits per heavy atom. The first-order valence-electron chi connectivity index (χ1n) is 6.52. The smallest absolute Gasteiger partial charge is 0.245 e. The number of aromatic amines is 1. The van der Waals surface area contributed by atoms with Gasteiger partial charge in [0.25, 0.3) is 0 Å².